The lowest BCUT2D eigenvalue weighted by molar-refractivity contribution is 1.25. The van der Waals surface area contributed by atoms with Crippen LogP contribution in [0.15, 0.2) is 36.1 Å². The van der Waals surface area contributed by atoms with Crippen molar-refractivity contribution in [2.24, 2.45) is 11.5 Å². The SMILES string of the molecule is BC(=C)/C=C\C=C(N)N. The van der Waals surface area contributed by atoms with E-state index >= 15 is 0 Å². The summed E-state index contributed by atoms with van der Waals surface area (Å²) < 4.78 is 0. The van der Waals surface area contributed by atoms with Gasteiger partial charge in [0.15, 0.2) is 0 Å². The van der Waals surface area contributed by atoms with Crippen LogP contribution in [0.5, 0.6) is 0 Å². The summed E-state index contributed by atoms with van der Waals surface area (Å²) in [6.45, 7) is 3.65. The van der Waals surface area contributed by atoms with Gasteiger partial charge in [-0.1, -0.05) is 17.6 Å². The highest BCUT2D eigenvalue weighted by Crippen LogP contribution is 1.84. The molecule has 0 aliphatic heterocycles. The summed E-state index contributed by atoms with van der Waals surface area (Å²) in [5, 5.41) is 0. The van der Waals surface area contributed by atoms with Crippen LogP contribution in [0.1, 0.15) is 0 Å². The molecule has 4 N–H and O–H groups in total. The Balaban J connectivity index is 3.74. The molecule has 2 nitrogen and oxygen atoms in total. The van der Waals surface area contributed by atoms with Crippen molar-refractivity contribution in [1.82, 2.24) is 0 Å². The molecule has 0 aromatic rings. The fourth-order valence-electron chi connectivity index (χ4n) is 0.323. The highest BCUT2D eigenvalue weighted by Gasteiger charge is 1.72. The Morgan fingerprint density at radius 2 is 2.00 bits per heavy atom. The summed E-state index contributed by atoms with van der Waals surface area (Å²) >= 11 is 0. The number of rotatable bonds is 2. The molecule has 0 radical (unpaired) electrons. The third-order valence-corrected chi connectivity index (χ3v) is 0.669. The molecule has 0 spiro atoms. The van der Waals surface area contributed by atoms with Gasteiger partial charge in [0.25, 0.3) is 0 Å². The number of nitrogens with two attached hydrogens (primary N) is 2. The smallest absolute Gasteiger partial charge is 0.138 e. The molecule has 0 atom stereocenters. The largest absolute Gasteiger partial charge is 0.386 e. The minimum Gasteiger partial charge on any atom is -0.386 e. The molecule has 0 amide bonds. The van der Waals surface area contributed by atoms with E-state index < -0.39 is 0 Å². The predicted octanol–water partition coefficient (Wildman–Crippen LogP) is -0.552. The fraction of sp³-hybridized carbons (Fsp3) is 0. The van der Waals surface area contributed by atoms with Crippen molar-refractivity contribution in [1.29, 1.82) is 0 Å². The number of hydrogen-bond donors (Lipinski definition) is 2. The molecule has 0 rings (SSSR count). The molecule has 0 aromatic carbocycles. The average Bonchev–Trinajstić information content (AvgIpc) is 1.63. The lowest BCUT2D eigenvalue weighted by Crippen LogP contribution is -2.06. The van der Waals surface area contributed by atoms with Gasteiger partial charge >= 0.3 is 0 Å². The van der Waals surface area contributed by atoms with Crippen LogP contribution < -0.4 is 11.5 Å². The maximum atomic E-state index is 5.14. The quantitative estimate of drug-likeness (QED) is 0.381. The Bertz CT molecular complexity index is 154. The highest BCUT2D eigenvalue weighted by atomic mass is 14.8. The van der Waals surface area contributed by atoms with Crippen LogP contribution in [0.25, 0.3) is 0 Å². The van der Waals surface area contributed by atoms with E-state index in [0.29, 0.717) is 5.82 Å². The topological polar surface area (TPSA) is 52.0 Å². The molecule has 9 heavy (non-hydrogen) atoms. The second-order valence-corrected chi connectivity index (χ2v) is 1.87. The van der Waals surface area contributed by atoms with Crippen molar-refractivity contribution in [2.75, 3.05) is 0 Å². The Labute approximate surface area is 56.3 Å². The second kappa shape index (κ2) is 3.84. The molecule has 0 aliphatic rings. The molecule has 48 valence electrons. The zero-order chi connectivity index (χ0) is 7.28. The van der Waals surface area contributed by atoms with E-state index in [-0.39, 0.29) is 0 Å². The second-order valence-electron chi connectivity index (χ2n) is 1.87. The number of allylic oxidation sites excluding steroid dienone is 4. The summed E-state index contributed by atoms with van der Waals surface area (Å²) in [7, 11) is 1.90. The maximum absolute atomic E-state index is 5.14. The summed E-state index contributed by atoms with van der Waals surface area (Å²) in [6.07, 6.45) is 5.21. The van der Waals surface area contributed by atoms with Crippen LogP contribution >= 0.6 is 0 Å². The van der Waals surface area contributed by atoms with Crippen LogP contribution in [0.4, 0.5) is 0 Å². The lowest BCUT2D eigenvalue weighted by atomic mass is 9.98. The first-order chi connectivity index (χ1) is 4.13. The lowest BCUT2D eigenvalue weighted by Gasteiger charge is -1.84. The zero-order valence-corrected chi connectivity index (χ0v) is 5.59. The van der Waals surface area contributed by atoms with Gasteiger partial charge in [0, 0.05) is 0 Å². The number of hydrogen-bond acceptors (Lipinski definition) is 2. The Morgan fingerprint density at radius 1 is 1.44 bits per heavy atom. The Kier molecular flexibility index (Phi) is 3.36. The first-order valence-corrected chi connectivity index (χ1v) is 2.67. The van der Waals surface area contributed by atoms with Crippen molar-refractivity contribution in [3.05, 3.63) is 36.1 Å². The van der Waals surface area contributed by atoms with Crippen molar-refractivity contribution in [3.8, 4) is 0 Å². The van der Waals surface area contributed by atoms with Crippen LogP contribution in [-0.4, -0.2) is 7.85 Å². The van der Waals surface area contributed by atoms with Gasteiger partial charge in [-0.2, -0.15) is 0 Å². The molecule has 0 aromatic heterocycles. The Morgan fingerprint density at radius 3 is 2.33 bits per heavy atom. The van der Waals surface area contributed by atoms with Gasteiger partial charge in [-0.05, 0) is 6.08 Å². The van der Waals surface area contributed by atoms with Gasteiger partial charge in [0.2, 0.25) is 0 Å². The minimum absolute atomic E-state index is 0.313. The van der Waals surface area contributed by atoms with Crippen LogP contribution in [0.3, 0.4) is 0 Å². The molecule has 0 bridgehead atoms. The first-order valence-electron chi connectivity index (χ1n) is 2.67. The zero-order valence-electron chi connectivity index (χ0n) is 5.59. The maximum Gasteiger partial charge on any atom is 0.138 e. The predicted molar refractivity (Wildman–Crippen MR) is 43.3 cm³/mol. The molecular weight excluding hydrogens is 111 g/mol. The van der Waals surface area contributed by atoms with E-state index in [1.165, 1.54) is 0 Å². The molecule has 0 heterocycles. The van der Waals surface area contributed by atoms with Gasteiger partial charge in [-0.15, -0.1) is 6.58 Å². The summed E-state index contributed by atoms with van der Waals surface area (Å²) in [5.41, 5.74) is 11.3. The van der Waals surface area contributed by atoms with E-state index in [0.717, 1.165) is 5.47 Å². The molecule has 0 saturated carbocycles. The van der Waals surface area contributed by atoms with Gasteiger partial charge in [-0.25, -0.2) is 0 Å². The van der Waals surface area contributed by atoms with E-state index in [1.54, 1.807) is 12.2 Å². The van der Waals surface area contributed by atoms with Crippen LogP contribution in [0, 0.1) is 0 Å². The van der Waals surface area contributed by atoms with E-state index in [4.69, 9.17) is 11.5 Å². The third-order valence-electron chi connectivity index (χ3n) is 0.669. The summed E-state index contributed by atoms with van der Waals surface area (Å²) in [6, 6.07) is 0. The van der Waals surface area contributed by atoms with Gasteiger partial charge < -0.3 is 11.5 Å². The van der Waals surface area contributed by atoms with Crippen LogP contribution in [-0.2, 0) is 0 Å². The van der Waals surface area contributed by atoms with E-state index in [2.05, 4.69) is 6.58 Å². The van der Waals surface area contributed by atoms with Gasteiger partial charge in [0.1, 0.15) is 7.85 Å². The summed E-state index contributed by atoms with van der Waals surface area (Å²) in [5.74, 6) is 0.313. The average molecular weight is 122 g/mol. The third kappa shape index (κ3) is 6.88. The van der Waals surface area contributed by atoms with Crippen molar-refractivity contribution < 1.29 is 0 Å². The van der Waals surface area contributed by atoms with Crippen molar-refractivity contribution in [3.63, 3.8) is 0 Å². The van der Waals surface area contributed by atoms with E-state index in [9.17, 15) is 0 Å². The molecule has 0 saturated heterocycles. The van der Waals surface area contributed by atoms with Crippen LogP contribution in [0.2, 0.25) is 0 Å². The van der Waals surface area contributed by atoms with Gasteiger partial charge in [-0.3, -0.25) is 0 Å². The van der Waals surface area contributed by atoms with Crippen molar-refractivity contribution >= 4 is 7.85 Å². The standard InChI is InChI=1S/C6H11BN2/c1-5(7)3-2-4-6(8)9/h2-4H,1,7-9H2/b3-2-. The molecule has 0 unspecified atom stereocenters. The summed E-state index contributed by atoms with van der Waals surface area (Å²) in [4.78, 5) is 0. The molecule has 3 heteroatoms. The first kappa shape index (κ1) is 7.88. The van der Waals surface area contributed by atoms with Crippen molar-refractivity contribution in [2.45, 2.75) is 0 Å². The minimum atomic E-state index is 0.313. The monoisotopic (exact) mass is 122 g/mol. The normalized spacial score (nSPS) is 9.33. The molecule has 0 fully saturated rings. The fourth-order valence-corrected chi connectivity index (χ4v) is 0.323. The molecule has 0 aliphatic carbocycles. The Hall–Kier alpha value is -1.12. The van der Waals surface area contributed by atoms with Gasteiger partial charge in [0.05, 0.1) is 5.82 Å². The molecular formula is C6H11BN2. The van der Waals surface area contributed by atoms with E-state index in [1.807, 2.05) is 13.9 Å². The highest BCUT2D eigenvalue weighted by molar-refractivity contribution is 6.23.